The molecular weight excluding hydrogens is 244 g/mol. The highest BCUT2D eigenvalue weighted by Gasteiger charge is 2.18. The maximum absolute atomic E-state index is 11.8. The lowest BCUT2D eigenvalue weighted by Gasteiger charge is -2.20. The largest absolute Gasteiger partial charge is 0.482 e. The number of benzene rings is 1. The molecule has 0 radical (unpaired) electrons. The predicted octanol–water partition coefficient (Wildman–Crippen LogP) is 2.39. The molecule has 2 rings (SSSR count). The number of anilines is 2. The smallest absolute Gasteiger partial charge is 0.262 e. The molecule has 0 aromatic heterocycles. The summed E-state index contributed by atoms with van der Waals surface area (Å²) >= 11 is 0. The Morgan fingerprint density at radius 3 is 2.84 bits per heavy atom. The molecule has 2 amide bonds. The average molecular weight is 262 g/mol. The Morgan fingerprint density at radius 2 is 2.16 bits per heavy atom. The van der Waals surface area contributed by atoms with Crippen molar-refractivity contribution in [3.05, 3.63) is 18.2 Å². The Bertz CT molecular complexity index is 518. The minimum atomic E-state index is -0.189. The van der Waals surface area contributed by atoms with Crippen LogP contribution >= 0.6 is 0 Å². The third-order valence-electron chi connectivity index (χ3n) is 2.59. The van der Waals surface area contributed by atoms with Gasteiger partial charge in [0.1, 0.15) is 5.75 Å². The lowest BCUT2D eigenvalue weighted by atomic mass is 9.92. The summed E-state index contributed by atoms with van der Waals surface area (Å²) in [5.41, 5.74) is 1.18. The van der Waals surface area contributed by atoms with Crippen LogP contribution in [0, 0.1) is 5.41 Å². The van der Waals surface area contributed by atoms with E-state index in [1.54, 1.807) is 18.2 Å². The van der Waals surface area contributed by atoms with E-state index in [1.165, 1.54) is 0 Å². The van der Waals surface area contributed by atoms with E-state index in [1.807, 2.05) is 20.8 Å². The first-order chi connectivity index (χ1) is 8.83. The monoisotopic (exact) mass is 262 g/mol. The molecule has 0 aliphatic carbocycles. The van der Waals surface area contributed by atoms with Gasteiger partial charge in [-0.15, -0.1) is 0 Å². The SMILES string of the molecule is CC(C)(C)CC(=O)Nc1ccc2c(c1)NC(=O)CO2. The van der Waals surface area contributed by atoms with Gasteiger partial charge in [0.2, 0.25) is 5.91 Å². The third-order valence-corrected chi connectivity index (χ3v) is 2.59. The van der Waals surface area contributed by atoms with Crippen LogP contribution in [0.5, 0.6) is 5.75 Å². The fourth-order valence-electron chi connectivity index (χ4n) is 1.85. The molecule has 1 aromatic rings. The summed E-state index contributed by atoms with van der Waals surface area (Å²) in [5.74, 6) is 0.384. The zero-order chi connectivity index (χ0) is 14.0. The lowest BCUT2D eigenvalue weighted by Crippen LogP contribution is -2.25. The van der Waals surface area contributed by atoms with Crippen molar-refractivity contribution in [3.63, 3.8) is 0 Å². The average Bonchev–Trinajstić information content (AvgIpc) is 2.25. The number of ether oxygens (including phenoxy) is 1. The maximum atomic E-state index is 11.8. The van der Waals surface area contributed by atoms with Crippen LogP contribution in [0.2, 0.25) is 0 Å². The number of hydrogen-bond acceptors (Lipinski definition) is 3. The Hall–Kier alpha value is -2.04. The Kier molecular flexibility index (Phi) is 3.46. The van der Waals surface area contributed by atoms with Gasteiger partial charge < -0.3 is 15.4 Å². The molecule has 1 aliphatic rings. The van der Waals surface area contributed by atoms with Crippen molar-refractivity contribution < 1.29 is 14.3 Å². The van der Waals surface area contributed by atoms with Crippen LogP contribution in [0.15, 0.2) is 18.2 Å². The molecule has 0 spiro atoms. The number of fused-ring (bicyclic) bond motifs is 1. The second-order valence-corrected chi connectivity index (χ2v) is 5.83. The van der Waals surface area contributed by atoms with Gasteiger partial charge >= 0.3 is 0 Å². The molecule has 102 valence electrons. The number of nitrogens with one attached hydrogen (secondary N) is 2. The van der Waals surface area contributed by atoms with E-state index >= 15 is 0 Å². The molecule has 0 bridgehead atoms. The van der Waals surface area contributed by atoms with E-state index < -0.39 is 0 Å². The quantitative estimate of drug-likeness (QED) is 0.860. The van der Waals surface area contributed by atoms with E-state index in [4.69, 9.17) is 4.74 Å². The zero-order valence-corrected chi connectivity index (χ0v) is 11.4. The molecule has 0 fully saturated rings. The molecule has 2 N–H and O–H groups in total. The van der Waals surface area contributed by atoms with E-state index in [-0.39, 0.29) is 23.8 Å². The number of rotatable bonds is 2. The molecule has 0 unspecified atom stereocenters. The normalized spacial score (nSPS) is 14.2. The molecule has 1 heterocycles. The summed E-state index contributed by atoms with van der Waals surface area (Å²) < 4.78 is 5.25. The van der Waals surface area contributed by atoms with Crippen molar-refractivity contribution in [2.45, 2.75) is 27.2 Å². The number of carbonyl (C=O) groups is 2. The molecule has 19 heavy (non-hydrogen) atoms. The van der Waals surface area contributed by atoms with Crippen LogP contribution < -0.4 is 15.4 Å². The second-order valence-electron chi connectivity index (χ2n) is 5.83. The van der Waals surface area contributed by atoms with Gasteiger partial charge in [-0.1, -0.05) is 20.8 Å². The minimum absolute atomic E-state index is 0.0305. The third kappa shape index (κ3) is 3.71. The van der Waals surface area contributed by atoms with Crippen LogP contribution in [0.1, 0.15) is 27.2 Å². The van der Waals surface area contributed by atoms with Gasteiger partial charge in [0.25, 0.3) is 5.91 Å². The van der Waals surface area contributed by atoms with E-state index in [2.05, 4.69) is 10.6 Å². The molecule has 1 aromatic carbocycles. The highest BCUT2D eigenvalue weighted by atomic mass is 16.5. The summed E-state index contributed by atoms with van der Waals surface area (Å²) in [5, 5.41) is 5.52. The van der Waals surface area contributed by atoms with Crippen molar-refractivity contribution in [2.75, 3.05) is 17.2 Å². The highest BCUT2D eigenvalue weighted by Crippen LogP contribution is 2.30. The number of carbonyl (C=O) groups excluding carboxylic acids is 2. The van der Waals surface area contributed by atoms with Gasteiger partial charge in [0, 0.05) is 12.1 Å². The fraction of sp³-hybridized carbons (Fsp3) is 0.429. The Balaban J connectivity index is 2.08. The summed E-state index contributed by atoms with van der Waals surface area (Å²) in [4.78, 5) is 23.1. The summed E-state index contributed by atoms with van der Waals surface area (Å²) in [7, 11) is 0. The number of amides is 2. The molecular formula is C14H18N2O3. The first-order valence-electron chi connectivity index (χ1n) is 6.20. The summed E-state index contributed by atoms with van der Waals surface area (Å²) in [6.07, 6.45) is 0.437. The van der Waals surface area contributed by atoms with Gasteiger partial charge in [-0.25, -0.2) is 0 Å². The first kappa shape index (κ1) is 13.4. The molecule has 0 atom stereocenters. The van der Waals surface area contributed by atoms with Gasteiger partial charge in [0.05, 0.1) is 5.69 Å². The van der Waals surface area contributed by atoms with Crippen LogP contribution in [0.3, 0.4) is 0 Å². The number of hydrogen-bond donors (Lipinski definition) is 2. The molecule has 1 aliphatic heterocycles. The van der Waals surface area contributed by atoms with Crippen molar-refractivity contribution in [3.8, 4) is 5.75 Å². The minimum Gasteiger partial charge on any atom is -0.482 e. The second kappa shape index (κ2) is 4.91. The van der Waals surface area contributed by atoms with Crippen LogP contribution in [-0.2, 0) is 9.59 Å². The maximum Gasteiger partial charge on any atom is 0.262 e. The van der Waals surface area contributed by atoms with Crippen LogP contribution in [0.4, 0.5) is 11.4 Å². The van der Waals surface area contributed by atoms with E-state index in [0.29, 0.717) is 23.5 Å². The Morgan fingerprint density at radius 1 is 1.42 bits per heavy atom. The van der Waals surface area contributed by atoms with E-state index in [9.17, 15) is 9.59 Å². The van der Waals surface area contributed by atoms with Gasteiger partial charge in [-0.3, -0.25) is 9.59 Å². The standard InChI is InChI=1S/C14H18N2O3/c1-14(2,3)7-12(17)15-9-4-5-11-10(6-9)16-13(18)8-19-11/h4-6H,7-8H2,1-3H3,(H,15,17)(H,16,18). The Labute approximate surface area is 112 Å². The first-order valence-corrected chi connectivity index (χ1v) is 6.20. The summed E-state index contributed by atoms with van der Waals surface area (Å²) in [6, 6.07) is 5.20. The van der Waals surface area contributed by atoms with Crippen molar-refractivity contribution in [1.29, 1.82) is 0 Å². The van der Waals surface area contributed by atoms with E-state index in [0.717, 1.165) is 0 Å². The van der Waals surface area contributed by atoms with Gasteiger partial charge in [-0.2, -0.15) is 0 Å². The zero-order valence-electron chi connectivity index (χ0n) is 11.4. The molecule has 0 saturated carbocycles. The molecule has 0 saturated heterocycles. The highest BCUT2D eigenvalue weighted by molar-refractivity contribution is 5.97. The van der Waals surface area contributed by atoms with Crippen molar-refractivity contribution in [1.82, 2.24) is 0 Å². The van der Waals surface area contributed by atoms with Gasteiger partial charge in [-0.05, 0) is 23.6 Å². The lowest BCUT2D eigenvalue weighted by molar-refractivity contribution is -0.119. The van der Waals surface area contributed by atoms with Crippen molar-refractivity contribution >= 4 is 23.2 Å². The van der Waals surface area contributed by atoms with Crippen molar-refractivity contribution in [2.24, 2.45) is 5.41 Å². The molecule has 5 nitrogen and oxygen atoms in total. The van der Waals surface area contributed by atoms with Crippen LogP contribution in [-0.4, -0.2) is 18.4 Å². The van der Waals surface area contributed by atoms with Gasteiger partial charge in [0.15, 0.2) is 6.61 Å². The topological polar surface area (TPSA) is 67.4 Å². The molecule has 5 heteroatoms. The predicted molar refractivity (Wildman–Crippen MR) is 73.3 cm³/mol. The fourth-order valence-corrected chi connectivity index (χ4v) is 1.85. The van der Waals surface area contributed by atoms with Crippen LogP contribution in [0.25, 0.3) is 0 Å². The summed E-state index contributed by atoms with van der Waals surface area (Å²) in [6.45, 7) is 6.05.